The van der Waals surface area contributed by atoms with Crippen molar-refractivity contribution < 1.29 is 32.2 Å². The average Bonchev–Trinajstić information content (AvgIpc) is 2.87. The van der Waals surface area contributed by atoms with Gasteiger partial charge in [-0.05, 0) is 23.1 Å². The van der Waals surface area contributed by atoms with E-state index in [1.807, 2.05) is 20.8 Å². The third-order valence-electron chi connectivity index (χ3n) is 3.26. The van der Waals surface area contributed by atoms with Gasteiger partial charge >= 0.3 is 18.2 Å². The van der Waals surface area contributed by atoms with Crippen LogP contribution in [-0.4, -0.2) is 31.4 Å². The normalized spacial score (nSPS) is 17.8. The minimum absolute atomic E-state index is 0.0906. The summed E-state index contributed by atoms with van der Waals surface area (Å²) >= 11 is 0. The fraction of sp³-hybridized carbons (Fsp3) is 0.533. The number of ether oxygens (including phenoxy) is 3. The van der Waals surface area contributed by atoms with Gasteiger partial charge in [-0.25, -0.2) is 4.79 Å². The zero-order valence-corrected chi connectivity index (χ0v) is 13.0. The van der Waals surface area contributed by atoms with Crippen LogP contribution in [0, 0.1) is 0 Å². The zero-order chi connectivity index (χ0) is 17.3. The van der Waals surface area contributed by atoms with Gasteiger partial charge in [0.25, 0.3) is 0 Å². The Hall–Kier alpha value is -1.80. The van der Waals surface area contributed by atoms with Crippen molar-refractivity contribution in [2.75, 3.05) is 13.2 Å². The summed E-state index contributed by atoms with van der Waals surface area (Å²) in [6, 6.07) is 6.50. The van der Waals surface area contributed by atoms with Crippen molar-refractivity contribution in [3.8, 4) is 5.75 Å². The van der Waals surface area contributed by atoms with Crippen LogP contribution in [0.15, 0.2) is 24.3 Å². The lowest BCUT2D eigenvalue weighted by Gasteiger charge is -2.29. The third-order valence-corrected chi connectivity index (χ3v) is 3.26. The number of carbonyl (C=O) groups excluding carboxylic acids is 1. The molecule has 1 heterocycles. The number of alkyl halides is 3. The second-order valence-electron chi connectivity index (χ2n) is 6.10. The second-order valence-corrected chi connectivity index (χ2v) is 6.10. The van der Waals surface area contributed by atoms with Crippen molar-refractivity contribution in [2.45, 2.75) is 38.3 Å². The number of hydrogen-bond donors (Lipinski definition) is 1. The van der Waals surface area contributed by atoms with Crippen molar-refractivity contribution in [3.05, 3.63) is 29.8 Å². The van der Waals surface area contributed by atoms with Crippen LogP contribution in [0.4, 0.5) is 18.0 Å². The number of benzene rings is 1. The van der Waals surface area contributed by atoms with E-state index in [2.05, 4.69) is 9.47 Å². The summed E-state index contributed by atoms with van der Waals surface area (Å²) in [5, 5.41) is 1.60. The molecule has 23 heavy (non-hydrogen) atoms. The highest BCUT2D eigenvalue weighted by molar-refractivity contribution is 5.71. The van der Waals surface area contributed by atoms with E-state index >= 15 is 0 Å². The molecular formula is C15H18F3NO4. The van der Waals surface area contributed by atoms with Crippen LogP contribution in [0.3, 0.4) is 0 Å². The first-order chi connectivity index (χ1) is 10.5. The van der Waals surface area contributed by atoms with E-state index in [0.717, 1.165) is 5.56 Å². The zero-order valence-electron chi connectivity index (χ0n) is 13.0. The Morgan fingerprint density at radius 3 is 2.09 bits per heavy atom. The standard InChI is InChI=1S/C15H18F3NO4/c1-13(2,3)10-4-6-11(7-5-10)23-12(20)19-15(14(16,17)18)21-8-9-22-15/h4-7H,8-9H2,1-3H3,(H,19,20). The molecule has 0 saturated carbocycles. The fourth-order valence-electron chi connectivity index (χ4n) is 2.01. The largest absolute Gasteiger partial charge is 0.465 e. The number of nitrogens with one attached hydrogen (secondary N) is 1. The van der Waals surface area contributed by atoms with Crippen LogP contribution in [0.5, 0.6) is 5.75 Å². The van der Waals surface area contributed by atoms with Gasteiger partial charge < -0.3 is 14.2 Å². The molecule has 5 nitrogen and oxygen atoms in total. The summed E-state index contributed by atoms with van der Waals surface area (Å²) in [5.74, 6) is -3.04. The van der Waals surface area contributed by atoms with Gasteiger partial charge in [-0.2, -0.15) is 13.2 Å². The molecule has 128 valence electrons. The Morgan fingerprint density at radius 1 is 1.13 bits per heavy atom. The predicted octanol–water partition coefficient (Wildman–Crippen LogP) is 3.34. The molecule has 1 aliphatic rings. The molecular weight excluding hydrogens is 315 g/mol. The Labute approximate surface area is 131 Å². The predicted molar refractivity (Wildman–Crippen MR) is 75.0 cm³/mol. The highest BCUT2D eigenvalue weighted by Crippen LogP contribution is 2.35. The number of halogens is 3. The highest BCUT2D eigenvalue weighted by Gasteiger charge is 2.62. The highest BCUT2D eigenvalue weighted by atomic mass is 19.4. The summed E-state index contributed by atoms with van der Waals surface area (Å²) in [6.07, 6.45) is -6.23. The molecule has 0 radical (unpaired) electrons. The molecule has 1 amide bonds. The number of hydrogen-bond acceptors (Lipinski definition) is 4. The maximum absolute atomic E-state index is 13.0. The van der Waals surface area contributed by atoms with Gasteiger partial charge in [0, 0.05) is 0 Å². The van der Waals surface area contributed by atoms with Crippen LogP contribution in [0.2, 0.25) is 0 Å². The minimum atomic E-state index is -4.92. The fourth-order valence-corrected chi connectivity index (χ4v) is 2.01. The molecule has 1 aromatic carbocycles. The smallest absolute Gasteiger partial charge is 0.410 e. The summed E-state index contributed by atoms with van der Waals surface area (Å²) < 4.78 is 52.8. The molecule has 8 heteroatoms. The lowest BCUT2D eigenvalue weighted by molar-refractivity contribution is -0.352. The molecule has 0 atom stereocenters. The third kappa shape index (κ3) is 3.94. The van der Waals surface area contributed by atoms with Gasteiger partial charge in [0.1, 0.15) is 5.75 Å². The molecule has 1 aromatic rings. The summed E-state index contributed by atoms with van der Waals surface area (Å²) in [5.41, 5.74) is 0.909. The molecule has 0 unspecified atom stereocenters. The summed E-state index contributed by atoms with van der Waals surface area (Å²) in [4.78, 5) is 11.7. The monoisotopic (exact) mass is 333 g/mol. The Bertz CT molecular complexity index is 558. The van der Waals surface area contributed by atoms with Crippen molar-refractivity contribution in [1.29, 1.82) is 0 Å². The summed E-state index contributed by atoms with van der Waals surface area (Å²) in [7, 11) is 0. The quantitative estimate of drug-likeness (QED) is 0.902. The molecule has 0 aliphatic carbocycles. The van der Waals surface area contributed by atoms with Gasteiger partial charge in [0.15, 0.2) is 0 Å². The van der Waals surface area contributed by atoms with E-state index in [9.17, 15) is 18.0 Å². The molecule has 0 aromatic heterocycles. The van der Waals surface area contributed by atoms with Crippen LogP contribution in [0.25, 0.3) is 0 Å². The van der Waals surface area contributed by atoms with E-state index in [-0.39, 0.29) is 24.4 Å². The Kier molecular flexibility index (Phi) is 4.59. The first kappa shape index (κ1) is 17.6. The number of amides is 1. The molecule has 2 rings (SSSR count). The molecule has 1 fully saturated rings. The lowest BCUT2D eigenvalue weighted by atomic mass is 9.87. The topological polar surface area (TPSA) is 56.8 Å². The Balaban J connectivity index is 2.04. The van der Waals surface area contributed by atoms with E-state index in [1.54, 1.807) is 17.4 Å². The Morgan fingerprint density at radius 2 is 1.65 bits per heavy atom. The van der Waals surface area contributed by atoms with Crippen molar-refractivity contribution >= 4 is 6.09 Å². The molecule has 1 saturated heterocycles. The van der Waals surface area contributed by atoms with E-state index in [1.165, 1.54) is 12.1 Å². The molecule has 1 N–H and O–H groups in total. The van der Waals surface area contributed by atoms with E-state index < -0.39 is 18.2 Å². The van der Waals surface area contributed by atoms with Crippen LogP contribution < -0.4 is 10.1 Å². The van der Waals surface area contributed by atoms with Gasteiger partial charge in [-0.1, -0.05) is 32.9 Å². The van der Waals surface area contributed by atoms with Crippen LogP contribution in [-0.2, 0) is 14.9 Å². The molecule has 0 bridgehead atoms. The van der Waals surface area contributed by atoms with E-state index in [4.69, 9.17) is 4.74 Å². The number of rotatable bonds is 2. The number of carbonyl (C=O) groups is 1. The summed E-state index contributed by atoms with van der Waals surface area (Å²) in [6.45, 7) is 5.48. The van der Waals surface area contributed by atoms with Crippen LogP contribution in [0.1, 0.15) is 26.3 Å². The van der Waals surface area contributed by atoms with Gasteiger partial charge in [0.2, 0.25) is 0 Å². The van der Waals surface area contributed by atoms with Gasteiger partial charge in [0.05, 0.1) is 13.2 Å². The van der Waals surface area contributed by atoms with Gasteiger partial charge in [-0.3, -0.25) is 5.32 Å². The first-order valence-corrected chi connectivity index (χ1v) is 6.99. The minimum Gasteiger partial charge on any atom is -0.410 e. The first-order valence-electron chi connectivity index (χ1n) is 6.99. The van der Waals surface area contributed by atoms with Crippen molar-refractivity contribution in [1.82, 2.24) is 5.32 Å². The second kappa shape index (κ2) is 6.01. The van der Waals surface area contributed by atoms with Crippen molar-refractivity contribution in [2.24, 2.45) is 0 Å². The lowest BCUT2D eigenvalue weighted by Crippen LogP contribution is -2.60. The maximum Gasteiger partial charge on any atom is 0.465 e. The van der Waals surface area contributed by atoms with Gasteiger partial charge in [-0.15, -0.1) is 0 Å². The molecule has 1 aliphatic heterocycles. The maximum atomic E-state index is 13.0. The molecule has 0 spiro atoms. The van der Waals surface area contributed by atoms with Crippen molar-refractivity contribution in [3.63, 3.8) is 0 Å². The van der Waals surface area contributed by atoms with Crippen LogP contribution >= 0.6 is 0 Å². The average molecular weight is 333 g/mol. The SMILES string of the molecule is CC(C)(C)c1ccc(OC(=O)NC2(C(F)(F)F)OCCO2)cc1. The van der Waals surface area contributed by atoms with E-state index in [0.29, 0.717) is 0 Å².